The number of aryl methyl sites for hydroxylation is 8. The summed E-state index contributed by atoms with van der Waals surface area (Å²) < 4.78 is 386. The molecule has 0 saturated carbocycles. The van der Waals surface area contributed by atoms with Crippen LogP contribution in [0.1, 0.15) is 282 Å². The molecule has 656 valence electrons. The summed E-state index contributed by atoms with van der Waals surface area (Å²) in [6, 6.07) is 56.3. The van der Waals surface area contributed by atoms with Crippen LogP contribution in [0.3, 0.4) is 0 Å². The number of fused-ring (bicyclic) bond motifs is 25. The smallest absolute Gasteiger partial charge is 0.227 e. The van der Waals surface area contributed by atoms with Gasteiger partial charge in [-0.15, -0.1) is 0 Å². The third-order valence-electron chi connectivity index (χ3n) is 26.9. The van der Waals surface area contributed by atoms with Gasteiger partial charge >= 0.3 is 0 Å². The van der Waals surface area contributed by atoms with Crippen molar-refractivity contribution in [1.29, 1.82) is 0 Å². The quantitative estimate of drug-likeness (QED) is 0.138. The highest BCUT2D eigenvalue weighted by Gasteiger charge is 2.44. The van der Waals surface area contributed by atoms with E-state index in [4.69, 9.17) is 81.6 Å². The van der Waals surface area contributed by atoms with Crippen molar-refractivity contribution < 1.29 is 94.9 Å². The number of pyridine rings is 8. The average Bonchev–Trinajstić information content (AvgIpc) is 1.50. The molecule has 0 radical (unpaired) electrons. The number of benzene rings is 8. The van der Waals surface area contributed by atoms with Crippen molar-refractivity contribution >= 4 is 87.9 Å². The largest absolute Gasteiger partial charge is 0.455 e. The lowest BCUT2D eigenvalue weighted by Crippen LogP contribution is -2.31. The van der Waals surface area contributed by atoms with Gasteiger partial charge in [0.15, 0.2) is 30.4 Å². The van der Waals surface area contributed by atoms with Crippen LogP contribution < -0.4 is 18.3 Å². The SMILES string of the molecule is [2H]C([2H])([2H])C([2H])(c1cc[n+](C)c(-c2c(C)ccc3c2oc2cc4c(cc23)-c2cccnc2C4(C([2H])([2H])[2H])C([2H])([2H])[2H])c1)C([2H])([2H])[2H].[2H]C([2H])([2H])C1(C)c2cc3c(cc2-c2cccnc21)oc1c(-c2cc(C([2H])(C([2H])([2H])[2H])C([2H])([2H])[2H])cc[n+]2C)c(C)ccc13.[2H]C([2H])([2H])C1(C)c2ccccc2-c2nc3oc4c(-c5cc(C([2H])(C([2H])([2H])[2H])C([2H])([2H])[2H])cc[n+]5C)c(C)ccc4c3cc21.[2H]C([2H])([2H])C1(C)c2ncccc2-c2ccc3c(oc4c(-c5cc(C([2H])(C([2H])([2H])[2H])C([2H])([2H])[2H])cc[n+]5C)c(C)ccc43)c21. The van der Waals surface area contributed by atoms with Gasteiger partial charge < -0.3 is 17.7 Å². The maximum absolute atomic E-state index is 8.73. The van der Waals surface area contributed by atoms with Gasteiger partial charge in [-0.25, -0.2) is 23.3 Å². The highest BCUT2D eigenvalue weighted by atomic mass is 16.3. The van der Waals surface area contributed by atoms with Crippen molar-refractivity contribution in [2.75, 3.05) is 0 Å². The Balaban J connectivity index is 0.000000132. The molecular weight excluding hydrogens is 1620 g/mol. The molecule has 0 aliphatic heterocycles. The summed E-state index contributed by atoms with van der Waals surface area (Å²) in [6.07, 6.45) is 10.7. The first-order valence-electron chi connectivity index (χ1n) is 64.4. The standard InChI is InChI=1S/4C30H29N2O/c1-17(2)19-13-15-32(6)24(16-19)25-18(3)9-10-21-22-12-11-20-23-8-7-14-31-29(23)30(4,5)26(20)28(22)33-27(21)25;1-17(2)19-11-13-32(6)25(14-19)27-18(3)9-10-20-23-15-24-22(16-26(23)33-28(20)27)21-8-7-12-31-29(21)30(24,4)5;1-17(2)19-11-13-32(6)25(14-19)27-18(3)9-10-20-23-15-22-21-8-7-12-31-29(21)30(4,5)24(22)16-26(23)33-28(20)27;1-17(2)19-13-14-32(6)25(15-19)26-18(3)11-12-20-22-16-24-27(31-29(22)33-28(20)26)21-9-7-8-10-23(21)30(24,4)5/h4*7-17H,1-6H3/q4*+1/i2*1D3,2D3,4D3,17D;1D3,2D3,4D3,5D3,17D;1D3,2D3,4D3,17D. The Bertz CT molecular complexity index is 9810. The minimum absolute atomic E-state index is 0.0490. The minimum atomic E-state index is -3.18. The van der Waals surface area contributed by atoms with Gasteiger partial charge in [0.25, 0.3) is 0 Å². The molecule has 132 heavy (non-hydrogen) atoms. The van der Waals surface area contributed by atoms with E-state index in [-0.39, 0.29) is 39.1 Å². The van der Waals surface area contributed by atoms with Gasteiger partial charge in [-0.05, 0) is 203 Å². The van der Waals surface area contributed by atoms with E-state index in [0.29, 0.717) is 183 Å². The first-order valence-corrected chi connectivity index (χ1v) is 42.9. The Morgan fingerprint density at radius 1 is 0.303 bits per heavy atom. The van der Waals surface area contributed by atoms with E-state index >= 15 is 0 Å². The van der Waals surface area contributed by atoms with Gasteiger partial charge in [0, 0.05) is 219 Å². The fourth-order valence-electron chi connectivity index (χ4n) is 20.1. The van der Waals surface area contributed by atoms with Crippen molar-refractivity contribution in [2.45, 2.75) is 183 Å². The Morgan fingerprint density at radius 2 is 0.674 bits per heavy atom. The van der Waals surface area contributed by atoms with Crippen LogP contribution in [0.15, 0.2) is 261 Å². The molecule has 4 aliphatic rings. The van der Waals surface area contributed by atoms with Crippen molar-refractivity contribution in [3.63, 3.8) is 0 Å². The zero-order chi connectivity index (χ0) is 128. The van der Waals surface area contributed by atoms with Crippen LogP contribution in [0.25, 0.3) is 178 Å². The fraction of sp³-hybridized carbons (Fsp3) is 0.267. The molecule has 24 rings (SSSR count). The number of rotatable bonds is 8. The first kappa shape index (κ1) is 49.4. The highest BCUT2D eigenvalue weighted by molar-refractivity contribution is 6.16. The molecule has 12 aromatic heterocycles. The van der Waals surface area contributed by atoms with E-state index in [1.165, 1.54) is 79.4 Å². The normalized spacial score (nSPS) is 22.8. The number of hydrogen-bond donors (Lipinski definition) is 0. The fourth-order valence-corrected chi connectivity index (χ4v) is 20.1. The second-order valence-corrected chi connectivity index (χ2v) is 35.4. The van der Waals surface area contributed by atoms with E-state index in [1.54, 1.807) is 123 Å². The lowest BCUT2D eigenvalue weighted by atomic mass is 9.82. The van der Waals surface area contributed by atoms with Crippen LogP contribution in [0.2, 0.25) is 0 Å². The van der Waals surface area contributed by atoms with Crippen molar-refractivity contribution in [1.82, 2.24) is 19.9 Å². The average molecular weight is 1780 g/mol. The van der Waals surface area contributed by atoms with Crippen LogP contribution in [0.4, 0.5) is 0 Å². The lowest BCUT2D eigenvalue weighted by molar-refractivity contribution is -0.660. The summed E-state index contributed by atoms with van der Waals surface area (Å²) in [5.41, 5.74) is 11.3. The van der Waals surface area contributed by atoms with Crippen LogP contribution in [-0.2, 0) is 49.9 Å². The Hall–Kier alpha value is -13.8. The maximum Gasteiger partial charge on any atom is 0.227 e. The third-order valence-corrected chi connectivity index (χ3v) is 26.9. The monoisotopic (exact) mass is 1780 g/mol. The summed E-state index contributed by atoms with van der Waals surface area (Å²) in [5, 5.41) is 5.32. The molecule has 3 atom stereocenters. The number of aromatic nitrogens is 8. The topological polar surface area (TPSA) is 120 Å². The summed E-state index contributed by atoms with van der Waals surface area (Å²) in [6.45, 7) is -25.9. The van der Waals surface area contributed by atoms with E-state index in [9.17, 15) is 0 Å². The number of nitrogens with zero attached hydrogens (tertiary/aromatic N) is 8. The van der Waals surface area contributed by atoms with Crippen LogP contribution in [0, 0.1) is 27.7 Å². The summed E-state index contributed by atoms with van der Waals surface area (Å²) in [4.78, 5) is 18.1. The zero-order valence-corrected chi connectivity index (χ0v) is 73.8. The van der Waals surface area contributed by atoms with Crippen LogP contribution in [-0.4, -0.2) is 19.9 Å². The lowest BCUT2D eigenvalue weighted by Gasteiger charge is -2.20. The second kappa shape index (κ2) is 30.9. The molecule has 0 amide bonds. The Labute approximate surface area is 833 Å². The van der Waals surface area contributed by atoms with Crippen molar-refractivity contribution in [3.8, 4) is 89.7 Å². The third kappa shape index (κ3) is 13.1. The predicted octanol–water partition coefficient (Wildman–Crippen LogP) is 28.8. The van der Waals surface area contributed by atoms with Gasteiger partial charge in [0.2, 0.25) is 28.5 Å². The second-order valence-electron chi connectivity index (χ2n) is 35.4. The Kier molecular flexibility index (Phi) is 11.6. The number of furan rings is 4. The van der Waals surface area contributed by atoms with E-state index in [2.05, 4.69) is 15.0 Å². The van der Waals surface area contributed by atoms with E-state index < -0.39 is 134 Å². The number of hydrogen-bond acceptors (Lipinski definition) is 8. The molecule has 0 N–H and O–H groups in total. The van der Waals surface area contributed by atoms with Crippen molar-refractivity contribution in [2.24, 2.45) is 28.2 Å². The zero-order valence-electron chi connectivity index (χ0n) is 117. The van der Waals surface area contributed by atoms with Crippen molar-refractivity contribution in [3.05, 3.63) is 333 Å². The highest BCUT2D eigenvalue weighted by Crippen LogP contribution is 2.57. The predicted molar refractivity (Wildman–Crippen MR) is 538 cm³/mol. The molecule has 0 bridgehead atoms. The summed E-state index contributed by atoms with van der Waals surface area (Å²) in [5.74, 6) is -11.5. The molecule has 12 heteroatoms. The van der Waals surface area contributed by atoms with Gasteiger partial charge in [-0.2, -0.15) is 0 Å². The molecular formula is C120H116N8O4+4. The molecule has 20 aromatic rings. The van der Waals surface area contributed by atoms with Gasteiger partial charge in [0.05, 0.1) is 45.0 Å². The summed E-state index contributed by atoms with van der Waals surface area (Å²) >= 11 is 0. The molecule has 0 spiro atoms. The van der Waals surface area contributed by atoms with E-state index in [0.717, 1.165) is 44.5 Å². The van der Waals surface area contributed by atoms with E-state index in [1.807, 2.05) is 136 Å². The minimum Gasteiger partial charge on any atom is -0.455 e. The van der Waals surface area contributed by atoms with Crippen LogP contribution >= 0.6 is 0 Å². The molecule has 12 heterocycles. The molecule has 0 saturated heterocycles. The van der Waals surface area contributed by atoms with Gasteiger partial charge in [0.1, 0.15) is 61.7 Å². The molecule has 4 aliphatic carbocycles. The first-order chi connectivity index (χ1) is 80.5. The van der Waals surface area contributed by atoms with Gasteiger partial charge in [-0.1, -0.05) is 193 Å². The van der Waals surface area contributed by atoms with Gasteiger partial charge in [-0.3, -0.25) is 15.0 Å². The molecule has 3 unspecified atom stereocenters. The molecule has 0 fully saturated rings. The molecule has 8 aromatic carbocycles. The van der Waals surface area contributed by atoms with Crippen LogP contribution in [0.5, 0.6) is 0 Å². The maximum atomic E-state index is 8.73. The summed E-state index contributed by atoms with van der Waals surface area (Å²) in [7, 11) is 6.91. The Morgan fingerprint density at radius 3 is 1.15 bits per heavy atom. The molecule has 12 nitrogen and oxygen atoms in total.